The highest BCUT2D eigenvalue weighted by atomic mass is 16.2. The molecular weight excluding hydrogens is 334 g/mol. The predicted octanol–water partition coefficient (Wildman–Crippen LogP) is 4.90. The molecule has 1 aliphatic carbocycles. The topological polar surface area (TPSA) is 57.8 Å². The Bertz CT molecular complexity index is 1090. The largest absolute Gasteiger partial charge is 0.338 e. The van der Waals surface area contributed by atoms with Gasteiger partial charge in [-0.3, -0.25) is 4.79 Å². The number of fused-ring (bicyclic) bond motifs is 1. The zero-order valence-electron chi connectivity index (χ0n) is 14.8. The second kappa shape index (κ2) is 6.09. The number of H-pyrrole nitrogens is 1. The van der Waals surface area contributed by atoms with Crippen molar-refractivity contribution in [2.24, 2.45) is 0 Å². The summed E-state index contributed by atoms with van der Waals surface area (Å²) in [6.07, 6.45) is 1.79. The van der Waals surface area contributed by atoms with Gasteiger partial charge in [-0.2, -0.15) is 0 Å². The Morgan fingerprint density at radius 2 is 1.70 bits per heavy atom. The van der Waals surface area contributed by atoms with E-state index < -0.39 is 0 Å². The molecule has 1 heterocycles. The summed E-state index contributed by atoms with van der Waals surface area (Å²) < 4.78 is 0. The molecule has 1 saturated carbocycles. The number of para-hydroxylation sites is 2. The van der Waals surface area contributed by atoms with Crippen LogP contribution < -0.4 is 5.32 Å². The third kappa shape index (κ3) is 2.79. The molecule has 1 aliphatic rings. The number of amides is 1. The normalized spacial score (nSPS) is 14.8. The van der Waals surface area contributed by atoms with Crippen molar-refractivity contribution in [3.63, 3.8) is 0 Å². The highest BCUT2D eigenvalue weighted by Gasteiger charge is 2.51. The number of carbonyl (C=O) groups excluding carboxylic acids is 1. The molecule has 0 aliphatic heterocycles. The minimum atomic E-state index is -0.378. The molecule has 1 fully saturated rings. The zero-order chi connectivity index (χ0) is 18.3. The standard InChI is InChI=1S/C23H19N3O/c27-22(23(13-14-23)17-8-2-1-3-9-17)24-18-10-6-7-16(15-18)21-25-19-11-4-5-12-20(19)26-21/h1-12,15H,13-14H2,(H,24,27)(H,25,26). The van der Waals surface area contributed by atoms with Crippen LogP contribution in [-0.2, 0) is 10.2 Å². The summed E-state index contributed by atoms with van der Waals surface area (Å²) in [5.41, 5.74) is 4.40. The Morgan fingerprint density at radius 1 is 0.926 bits per heavy atom. The molecule has 1 amide bonds. The fourth-order valence-corrected chi connectivity index (χ4v) is 3.61. The van der Waals surface area contributed by atoms with E-state index in [0.717, 1.165) is 46.5 Å². The van der Waals surface area contributed by atoms with Crippen LogP contribution in [0.5, 0.6) is 0 Å². The Hall–Kier alpha value is -3.40. The number of carbonyl (C=O) groups is 1. The highest BCUT2D eigenvalue weighted by molar-refractivity contribution is 6.01. The van der Waals surface area contributed by atoms with Gasteiger partial charge in [0.25, 0.3) is 0 Å². The zero-order valence-corrected chi connectivity index (χ0v) is 14.8. The maximum Gasteiger partial charge on any atom is 0.235 e. The lowest BCUT2D eigenvalue weighted by Crippen LogP contribution is -2.27. The summed E-state index contributed by atoms with van der Waals surface area (Å²) >= 11 is 0. The van der Waals surface area contributed by atoms with Crippen molar-refractivity contribution < 1.29 is 4.79 Å². The molecule has 0 radical (unpaired) electrons. The average Bonchev–Trinajstić information content (AvgIpc) is 3.42. The van der Waals surface area contributed by atoms with Gasteiger partial charge in [0.1, 0.15) is 5.82 Å². The summed E-state index contributed by atoms with van der Waals surface area (Å²) in [5.74, 6) is 0.868. The quantitative estimate of drug-likeness (QED) is 0.548. The average molecular weight is 353 g/mol. The van der Waals surface area contributed by atoms with Crippen molar-refractivity contribution in [3.8, 4) is 11.4 Å². The summed E-state index contributed by atoms with van der Waals surface area (Å²) in [4.78, 5) is 20.9. The molecule has 0 saturated heterocycles. The maximum absolute atomic E-state index is 13.0. The lowest BCUT2D eigenvalue weighted by atomic mass is 9.95. The van der Waals surface area contributed by atoms with Crippen LogP contribution in [0.15, 0.2) is 78.9 Å². The first kappa shape index (κ1) is 15.8. The van der Waals surface area contributed by atoms with Gasteiger partial charge in [-0.1, -0.05) is 54.6 Å². The van der Waals surface area contributed by atoms with Crippen LogP contribution in [0.25, 0.3) is 22.4 Å². The van der Waals surface area contributed by atoms with Crippen LogP contribution in [0.4, 0.5) is 5.69 Å². The maximum atomic E-state index is 13.0. The Balaban J connectivity index is 1.42. The molecule has 27 heavy (non-hydrogen) atoms. The Kier molecular flexibility index (Phi) is 3.57. The van der Waals surface area contributed by atoms with Gasteiger partial charge in [-0.05, 0) is 42.7 Å². The number of rotatable bonds is 4. The van der Waals surface area contributed by atoms with E-state index >= 15 is 0 Å². The van der Waals surface area contributed by atoms with Crippen LogP contribution in [0.2, 0.25) is 0 Å². The predicted molar refractivity (Wildman–Crippen MR) is 108 cm³/mol. The molecule has 0 bridgehead atoms. The van der Waals surface area contributed by atoms with Gasteiger partial charge in [0, 0.05) is 11.3 Å². The smallest absolute Gasteiger partial charge is 0.235 e. The number of nitrogens with one attached hydrogen (secondary N) is 2. The lowest BCUT2D eigenvalue weighted by Gasteiger charge is -2.16. The van der Waals surface area contributed by atoms with Crippen LogP contribution >= 0.6 is 0 Å². The second-order valence-corrected chi connectivity index (χ2v) is 7.09. The fourth-order valence-electron chi connectivity index (χ4n) is 3.61. The molecule has 0 unspecified atom stereocenters. The molecular formula is C23H19N3O. The monoisotopic (exact) mass is 353 g/mol. The van der Waals surface area contributed by atoms with E-state index in [1.165, 1.54) is 0 Å². The summed E-state index contributed by atoms with van der Waals surface area (Å²) in [5, 5.41) is 3.11. The van der Waals surface area contributed by atoms with Crippen molar-refractivity contribution in [2.75, 3.05) is 5.32 Å². The van der Waals surface area contributed by atoms with E-state index in [0.29, 0.717) is 0 Å². The van der Waals surface area contributed by atoms with E-state index in [9.17, 15) is 4.79 Å². The SMILES string of the molecule is O=C(Nc1cccc(-c2nc3ccccc3[nH]2)c1)C1(c2ccccc2)CC1. The molecule has 4 heteroatoms. The number of hydrogen-bond donors (Lipinski definition) is 2. The fraction of sp³-hybridized carbons (Fsp3) is 0.130. The van der Waals surface area contributed by atoms with Crippen molar-refractivity contribution >= 4 is 22.6 Å². The van der Waals surface area contributed by atoms with Gasteiger partial charge in [0.05, 0.1) is 16.4 Å². The van der Waals surface area contributed by atoms with Gasteiger partial charge in [0.2, 0.25) is 5.91 Å². The van der Waals surface area contributed by atoms with Crippen molar-refractivity contribution in [3.05, 3.63) is 84.4 Å². The van der Waals surface area contributed by atoms with Crippen molar-refractivity contribution in [1.82, 2.24) is 9.97 Å². The van der Waals surface area contributed by atoms with Gasteiger partial charge < -0.3 is 10.3 Å². The van der Waals surface area contributed by atoms with E-state index in [1.807, 2.05) is 78.9 Å². The number of benzene rings is 3. The van der Waals surface area contributed by atoms with Crippen LogP contribution in [0, 0.1) is 0 Å². The van der Waals surface area contributed by atoms with Gasteiger partial charge >= 0.3 is 0 Å². The summed E-state index contributed by atoms with van der Waals surface area (Å²) in [6, 6.07) is 25.8. The number of nitrogens with zero attached hydrogens (tertiary/aromatic N) is 1. The highest BCUT2D eigenvalue weighted by Crippen LogP contribution is 2.49. The van der Waals surface area contributed by atoms with E-state index in [4.69, 9.17) is 0 Å². The molecule has 4 aromatic rings. The van der Waals surface area contributed by atoms with Gasteiger partial charge in [-0.15, -0.1) is 0 Å². The molecule has 5 rings (SSSR count). The van der Waals surface area contributed by atoms with E-state index in [-0.39, 0.29) is 11.3 Å². The minimum absolute atomic E-state index is 0.0652. The van der Waals surface area contributed by atoms with E-state index in [2.05, 4.69) is 15.3 Å². The first-order chi connectivity index (χ1) is 13.2. The lowest BCUT2D eigenvalue weighted by molar-refractivity contribution is -0.118. The van der Waals surface area contributed by atoms with E-state index in [1.54, 1.807) is 0 Å². The number of aromatic amines is 1. The Morgan fingerprint density at radius 3 is 2.48 bits per heavy atom. The van der Waals surface area contributed by atoms with Gasteiger partial charge in [0.15, 0.2) is 0 Å². The van der Waals surface area contributed by atoms with Crippen LogP contribution in [-0.4, -0.2) is 15.9 Å². The summed E-state index contributed by atoms with van der Waals surface area (Å²) in [6.45, 7) is 0. The summed E-state index contributed by atoms with van der Waals surface area (Å²) in [7, 11) is 0. The van der Waals surface area contributed by atoms with Crippen LogP contribution in [0.3, 0.4) is 0 Å². The number of aromatic nitrogens is 2. The molecule has 3 aromatic carbocycles. The first-order valence-corrected chi connectivity index (χ1v) is 9.17. The van der Waals surface area contributed by atoms with Crippen molar-refractivity contribution in [1.29, 1.82) is 0 Å². The molecule has 0 atom stereocenters. The minimum Gasteiger partial charge on any atom is -0.338 e. The third-order valence-electron chi connectivity index (χ3n) is 5.29. The molecule has 0 spiro atoms. The van der Waals surface area contributed by atoms with Gasteiger partial charge in [-0.25, -0.2) is 4.98 Å². The molecule has 1 aromatic heterocycles. The number of hydrogen-bond acceptors (Lipinski definition) is 2. The molecule has 4 nitrogen and oxygen atoms in total. The molecule has 132 valence electrons. The third-order valence-corrected chi connectivity index (χ3v) is 5.29. The van der Waals surface area contributed by atoms with Crippen molar-refractivity contribution in [2.45, 2.75) is 18.3 Å². The van der Waals surface area contributed by atoms with Crippen LogP contribution in [0.1, 0.15) is 18.4 Å². The first-order valence-electron chi connectivity index (χ1n) is 9.17. The number of imidazole rings is 1. The second-order valence-electron chi connectivity index (χ2n) is 7.09. The number of anilines is 1. The Labute approximate surface area is 157 Å². The molecule has 2 N–H and O–H groups in total.